The van der Waals surface area contributed by atoms with Gasteiger partial charge in [-0.1, -0.05) is 24.3 Å². The fourth-order valence-electron chi connectivity index (χ4n) is 2.78. The van der Waals surface area contributed by atoms with Crippen molar-refractivity contribution >= 4 is 5.91 Å². The molecule has 0 saturated heterocycles. The summed E-state index contributed by atoms with van der Waals surface area (Å²) in [6.45, 7) is -1.99. The summed E-state index contributed by atoms with van der Waals surface area (Å²) in [4.78, 5) is 12.4. The van der Waals surface area contributed by atoms with E-state index in [1.54, 1.807) is 12.3 Å². The molecule has 0 aliphatic heterocycles. The molecule has 158 valence electrons. The summed E-state index contributed by atoms with van der Waals surface area (Å²) in [7, 11) is 1.33. The van der Waals surface area contributed by atoms with Crippen LogP contribution in [0.1, 0.15) is 27.2 Å². The van der Waals surface area contributed by atoms with Gasteiger partial charge in [-0.2, -0.15) is 8.78 Å². The topological polar surface area (TPSA) is 69.9 Å². The van der Waals surface area contributed by atoms with Crippen molar-refractivity contribution in [1.82, 2.24) is 5.32 Å². The molecule has 0 unspecified atom stereocenters. The van der Waals surface area contributed by atoms with Gasteiger partial charge in [-0.3, -0.25) is 4.79 Å². The number of hydrogen-bond acceptors (Lipinski definition) is 5. The van der Waals surface area contributed by atoms with Crippen molar-refractivity contribution < 1.29 is 32.2 Å². The zero-order valence-corrected chi connectivity index (χ0v) is 16.3. The Kier molecular flexibility index (Phi) is 7.40. The summed E-state index contributed by atoms with van der Waals surface area (Å²) in [5, 5.41) is 2.76. The summed E-state index contributed by atoms with van der Waals surface area (Å²) in [5.41, 5.74) is 2.01. The predicted molar refractivity (Wildman–Crippen MR) is 104 cm³/mol. The number of hydrogen-bond donors (Lipinski definition) is 1. The summed E-state index contributed by atoms with van der Waals surface area (Å²) in [6.07, 6.45) is 1.59. The van der Waals surface area contributed by atoms with Crippen LogP contribution in [0, 0.1) is 0 Å². The molecule has 0 aliphatic rings. The Morgan fingerprint density at radius 1 is 1.03 bits per heavy atom. The molecular formula is C22H21F2NO5. The molecule has 6 nitrogen and oxygen atoms in total. The lowest BCUT2D eigenvalue weighted by Gasteiger charge is -2.12. The van der Waals surface area contributed by atoms with Gasteiger partial charge in [-0.15, -0.1) is 0 Å². The minimum absolute atomic E-state index is 0.120. The molecule has 3 aromatic rings. The molecule has 0 aliphatic carbocycles. The molecule has 0 spiro atoms. The number of carbonyl (C=O) groups excluding carboxylic acids is 1. The van der Waals surface area contributed by atoms with Crippen LogP contribution in [0.2, 0.25) is 0 Å². The zero-order chi connectivity index (χ0) is 21.3. The van der Waals surface area contributed by atoms with Gasteiger partial charge in [0.15, 0.2) is 11.5 Å². The fourth-order valence-corrected chi connectivity index (χ4v) is 2.78. The Hall–Kier alpha value is -3.39. The molecular weight excluding hydrogens is 396 g/mol. The first-order chi connectivity index (χ1) is 14.5. The summed E-state index contributed by atoms with van der Waals surface area (Å²) in [5.74, 6) is 0.245. The third kappa shape index (κ3) is 6.05. The number of rotatable bonds is 10. The van der Waals surface area contributed by atoms with Gasteiger partial charge in [0.1, 0.15) is 12.4 Å². The monoisotopic (exact) mass is 417 g/mol. The molecule has 2 aromatic carbocycles. The fraction of sp³-hybridized carbons (Fsp3) is 0.227. The molecule has 1 aromatic heterocycles. The van der Waals surface area contributed by atoms with Crippen LogP contribution in [-0.4, -0.2) is 19.6 Å². The Morgan fingerprint density at radius 3 is 2.60 bits per heavy atom. The average molecular weight is 417 g/mol. The third-order valence-electron chi connectivity index (χ3n) is 4.18. The van der Waals surface area contributed by atoms with Gasteiger partial charge in [0.25, 0.3) is 5.91 Å². The maximum Gasteiger partial charge on any atom is 0.387 e. The molecule has 0 radical (unpaired) electrons. The van der Waals surface area contributed by atoms with E-state index in [9.17, 15) is 13.6 Å². The second-order valence-electron chi connectivity index (χ2n) is 6.32. The van der Waals surface area contributed by atoms with E-state index < -0.39 is 12.5 Å². The molecule has 0 fully saturated rings. The molecule has 1 heterocycles. The van der Waals surface area contributed by atoms with Crippen molar-refractivity contribution in [3.05, 3.63) is 83.3 Å². The minimum atomic E-state index is -3.02. The van der Waals surface area contributed by atoms with Crippen LogP contribution in [-0.2, 0) is 24.5 Å². The van der Waals surface area contributed by atoms with Gasteiger partial charge >= 0.3 is 6.61 Å². The molecule has 3 rings (SSSR count). The van der Waals surface area contributed by atoms with Crippen molar-refractivity contribution in [3.63, 3.8) is 0 Å². The van der Waals surface area contributed by atoms with E-state index in [0.29, 0.717) is 13.2 Å². The second kappa shape index (κ2) is 10.4. The van der Waals surface area contributed by atoms with Crippen LogP contribution in [0.3, 0.4) is 0 Å². The van der Waals surface area contributed by atoms with Crippen molar-refractivity contribution in [2.45, 2.75) is 26.4 Å². The molecule has 0 atom stereocenters. The van der Waals surface area contributed by atoms with Gasteiger partial charge in [-0.05, 0) is 41.5 Å². The zero-order valence-electron chi connectivity index (χ0n) is 16.3. The number of alkyl halides is 2. The van der Waals surface area contributed by atoms with Gasteiger partial charge in [-0.25, -0.2) is 0 Å². The number of furan rings is 1. The van der Waals surface area contributed by atoms with E-state index in [4.69, 9.17) is 13.9 Å². The van der Waals surface area contributed by atoms with E-state index in [2.05, 4.69) is 10.1 Å². The molecule has 8 heteroatoms. The summed E-state index contributed by atoms with van der Waals surface area (Å²) >= 11 is 0. The Morgan fingerprint density at radius 2 is 1.87 bits per heavy atom. The first-order valence-corrected chi connectivity index (χ1v) is 9.14. The van der Waals surface area contributed by atoms with Crippen molar-refractivity contribution in [1.29, 1.82) is 0 Å². The maximum absolute atomic E-state index is 12.6. The largest absolute Gasteiger partial charge is 0.493 e. The minimum Gasteiger partial charge on any atom is -0.493 e. The number of ether oxygens (including phenoxy) is 3. The molecule has 0 bridgehead atoms. The molecule has 30 heavy (non-hydrogen) atoms. The molecule has 0 saturated carbocycles. The number of methoxy groups -OCH3 is 1. The smallest absolute Gasteiger partial charge is 0.387 e. The third-order valence-corrected chi connectivity index (χ3v) is 4.18. The van der Waals surface area contributed by atoms with E-state index in [1.165, 1.54) is 25.3 Å². The highest BCUT2D eigenvalue weighted by molar-refractivity contribution is 5.94. The lowest BCUT2D eigenvalue weighted by Crippen LogP contribution is -2.23. The van der Waals surface area contributed by atoms with E-state index in [-0.39, 0.29) is 23.6 Å². The highest BCUT2D eigenvalue weighted by Gasteiger charge is 2.14. The normalized spacial score (nSPS) is 10.8. The van der Waals surface area contributed by atoms with Crippen LogP contribution in [0.5, 0.6) is 11.5 Å². The average Bonchev–Trinajstić information content (AvgIpc) is 3.25. The first-order valence-electron chi connectivity index (χ1n) is 9.14. The van der Waals surface area contributed by atoms with E-state index >= 15 is 0 Å². The Bertz CT molecular complexity index is 960. The second-order valence-corrected chi connectivity index (χ2v) is 6.32. The highest BCUT2D eigenvalue weighted by atomic mass is 19.3. The van der Waals surface area contributed by atoms with Gasteiger partial charge in [0.05, 0.1) is 20.0 Å². The van der Waals surface area contributed by atoms with Crippen LogP contribution < -0.4 is 14.8 Å². The number of halogens is 2. The maximum atomic E-state index is 12.6. The van der Waals surface area contributed by atoms with Gasteiger partial charge < -0.3 is 23.9 Å². The number of amides is 1. The lowest BCUT2D eigenvalue weighted by molar-refractivity contribution is -0.0512. The van der Waals surface area contributed by atoms with Crippen LogP contribution in [0.25, 0.3) is 0 Å². The number of carbonyl (C=O) groups is 1. The van der Waals surface area contributed by atoms with Crippen LogP contribution in [0.15, 0.2) is 65.3 Å². The van der Waals surface area contributed by atoms with Crippen LogP contribution >= 0.6 is 0 Å². The van der Waals surface area contributed by atoms with Gasteiger partial charge in [0, 0.05) is 12.1 Å². The Balaban J connectivity index is 1.56. The molecule has 1 amide bonds. The van der Waals surface area contributed by atoms with Crippen molar-refractivity contribution in [2.75, 3.05) is 7.11 Å². The first kappa shape index (κ1) is 21.3. The Labute approximate surface area is 172 Å². The van der Waals surface area contributed by atoms with Crippen molar-refractivity contribution in [3.8, 4) is 11.5 Å². The number of benzene rings is 2. The SMILES string of the molecule is COc1ccc(C(=O)NCc2cccc(COCc3ccco3)c2)cc1OC(F)F. The standard InChI is InChI=1S/C22H21F2NO5/c1-27-19-8-7-17(11-20(19)30-22(23)24)21(26)25-12-15-4-2-5-16(10-15)13-28-14-18-6-3-9-29-18/h2-11,22H,12-14H2,1H3,(H,25,26). The van der Waals surface area contributed by atoms with E-state index in [1.807, 2.05) is 30.3 Å². The quantitative estimate of drug-likeness (QED) is 0.525. The summed E-state index contributed by atoms with van der Waals surface area (Å²) < 4.78 is 45.3. The van der Waals surface area contributed by atoms with Crippen LogP contribution in [0.4, 0.5) is 8.78 Å². The molecule has 1 N–H and O–H groups in total. The van der Waals surface area contributed by atoms with E-state index in [0.717, 1.165) is 16.9 Å². The lowest BCUT2D eigenvalue weighted by atomic mass is 10.1. The summed E-state index contributed by atoms with van der Waals surface area (Å²) in [6, 6.07) is 15.3. The number of nitrogens with one attached hydrogen (secondary N) is 1. The van der Waals surface area contributed by atoms with Crippen molar-refractivity contribution in [2.24, 2.45) is 0 Å². The van der Waals surface area contributed by atoms with Gasteiger partial charge in [0.2, 0.25) is 0 Å². The predicted octanol–water partition coefficient (Wildman–Crippen LogP) is 4.54. The highest BCUT2D eigenvalue weighted by Crippen LogP contribution is 2.29.